The molecular formula is C17H26ClNO3. The second-order valence-electron chi connectivity index (χ2n) is 6.02. The minimum atomic E-state index is -0.737. The number of likely N-dealkylation sites (N-methyl/N-ethyl adjacent to an activating group) is 1. The maximum atomic E-state index is 11.1. The van der Waals surface area contributed by atoms with E-state index in [1.165, 1.54) is 12.5 Å². The first kappa shape index (κ1) is 20.6. The van der Waals surface area contributed by atoms with E-state index < -0.39 is 11.8 Å². The summed E-state index contributed by atoms with van der Waals surface area (Å²) in [7, 11) is 4.23. The van der Waals surface area contributed by atoms with E-state index in [2.05, 4.69) is 38.4 Å². The van der Waals surface area contributed by atoms with Crippen LogP contribution in [0.3, 0.4) is 0 Å². The van der Waals surface area contributed by atoms with Crippen LogP contribution in [0.2, 0.25) is 0 Å². The van der Waals surface area contributed by atoms with Gasteiger partial charge in [-0.05, 0) is 24.8 Å². The molecule has 0 aliphatic heterocycles. The molecule has 0 saturated heterocycles. The minimum absolute atomic E-state index is 0. The Kier molecular flexibility index (Phi) is 9.70. The standard InChI is InChI=1S/C17H26NO3.ClH/c1-15(19)17(20)21-14-13-18(2,3)12-8-7-11-16-9-5-4-6-10-16;/h4-6,9-10H,7-8,11-14H2,1-3H3;1H/q+1;/p-1. The van der Waals surface area contributed by atoms with Crippen LogP contribution >= 0.6 is 0 Å². The van der Waals surface area contributed by atoms with Crippen LogP contribution in [-0.4, -0.2) is 50.0 Å². The molecule has 0 spiro atoms. The summed E-state index contributed by atoms with van der Waals surface area (Å²) in [6.45, 7) is 3.28. The van der Waals surface area contributed by atoms with Crippen molar-refractivity contribution in [3.63, 3.8) is 0 Å². The molecule has 0 saturated carbocycles. The first-order valence-electron chi connectivity index (χ1n) is 7.44. The molecule has 0 bridgehead atoms. The summed E-state index contributed by atoms with van der Waals surface area (Å²) in [6, 6.07) is 10.5. The molecule has 22 heavy (non-hydrogen) atoms. The summed E-state index contributed by atoms with van der Waals surface area (Å²) in [5.41, 5.74) is 1.37. The Balaban J connectivity index is 0.00000441. The number of esters is 1. The van der Waals surface area contributed by atoms with Gasteiger partial charge < -0.3 is 21.6 Å². The Morgan fingerprint density at radius 1 is 1.05 bits per heavy atom. The van der Waals surface area contributed by atoms with Crippen LogP contribution in [0.15, 0.2) is 30.3 Å². The fourth-order valence-electron chi connectivity index (χ4n) is 2.11. The second-order valence-corrected chi connectivity index (χ2v) is 6.02. The lowest BCUT2D eigenvalue weighted by Gasteiger charge is -2.29. The van der Waals surface area contributed by atoms with Gasteiger partial charge in [0.1, 0.15) is 13.2 Å². The van der Waals surface area contributed by atoms with Crippen LogP contribution in [0.25, 0.3) is 0 Å². The number of unbranched alkanes of at least 4 members (excludes halogenated alkanes) is 1. The SMILES string of the molecule is CC(=O)C(=O)OCC[N+](C)(C)CCCCc1ccccc1.[Cl-]. The van der Waals surface area contributed by atoms with Crippen molar-refractivity contribution in [1.82, 2.24) is 0 Å². The van der Waals surface area contributed by atoms with Crippen molar-refractivity contribution in [2.75, 3.05) is 33.8 Å². The number of Topliss-reactive ketones (excluding diaryl/α,β-unsaturated/α-hetero) is 1. The fourth-order valence-corrected chi connectivity index (χ4v) is 2.11. The number of ether oxygens (including phenoxy) is 1. The van der Waals surface area contributed by atoms with Crippen LogP contribution < -0.4 is 12.4 Å². The van der Waals surface area contributed by atoms with Gasteiger partial charge in [0.25, 0.3) is 0 Å². The van der Waals surface area contributed by atoms with Gasteiger partial charge >= 0.3 is 5.97 Å². The number of aryl methyl sites for hydroxylation is 1. The molecule has 1 aromatic carbocycles. The van der Waals surface area contributed by atoms with Gasteiger partial charge in [-0.3, -0.25) is 4.79 Å². The number of hydrogen-bond donors (Lipinski definition) is 0. The van der Waals surface area contributed by atoms with Crippen molar-refractivity contribution >= 4 is 11.8 Å². The Morgan fingerprint density at radius 2 is 1.68 bits per heavy atom. The number of benzene rings is 1. The largest absolute Gasteiger partial charge is 1.00 e. The molecule has 0 aliphatic rings. The molecule has 1 aromatic rings. The lowest BCUT2D eigenvalue weighted by atomic mass is 10.1. The lowest BCUT2D eigenvalue weighted by molar-refractivity contribution is -0.890. The van der Waals surface area contributed by atoms with Gasteiger partial charge in [0.15, 0.2) is 0 Å². The molecule has 0 aliphatic carbocycles. The van der Waals surface area contributed by atoms with Crippen molar-refractivity contribution in [2.45, 2.75) is 26.2 Å². The fraction of sp³-hybridized carbons (Fsp3) is 0.529. The van der Waals surface area contributed by atoms with Gasteiger partial charge in [-0.25, -0.2) is 4.79 Å². The summed E-state index contributed by atoms with van der Waals surface area (Å²) < 4.78 is 5.70. The summed E-state index contributed by atoms with van der Waals surface area (Å²) in [5.74, 6) is -1.28. The van der Waals surface area contributed by atoms with Crippen molar-refractivity contribution in [3.8, 4) is 0 Å². The highest BCUT2D eigenvalue weighted by molar-refractivity contribution is 6.32. The monoisotopic (exact) mass is 327 g/mol. The molecule has 0 aromatic heterocycles. The average molecular weight is 328 g/mol. The molecule has 0 heterocycles. The Hall–Kier alpha value is -1.39. The topological polar surface area (TPSA) is 43.4 Å². The van der Waals surface area contributed by atoms with Crippen LogP contribution in [0.5, 0.6) is 0 Å². The van der Waals surface area contributed by atoms with Crippen LogP contribution in [-0.2, 0) is 20.7 Å². The van der Waals surface area contributed by atoms with Gasteiger partial charge in [0.2, 0.25) is 5.78 Å². The van der Waals surface area contributed by atoms with E-state index in [0.717, 1.165) is 36.8 Å². The molecular weight excluding hydrogens is 302 g/mol. The number of carbonyl (C=O) groups is 2. The maximum Gasteiger partial charge on any atom is 0.374 e. The van der Waals surface area contributed by atoms with Gasteiger partial charge in [0, 0.05) is 6.92 Å². The van der Waals surface area contributed by atoms with E-state index in [1.54, 1.807) is 0 Å². The molecule has 4 nitrogen and oxygen atoms in total. The average Bonchev–Trinajstić information content (AvgIpc) is 2.44. The van der Waals surface area contributed by atoms with Crippen LogP contribution in [0, 0.1) is 0 Å². The summed E-state index contributed by atoms with van der Waals surface area (Å²) in [5, 5.41) is 0. The first-order valence-corrected chi connectivity index (χ1v) is 7.44. The molecule has 0 radical (unpaired) electrons. The normalized spacial score (nSPS) is 10.7. The Bertz CT molecular complexity index is 460. The third-order valence-electron chi connectivity index (χ3n) is 3.54. The van der Waals surface area contributed by atoms with Gasteiger partial charge in [-0.15, -0.1) is 0 Å². The highest BCUT2D eigenvalue weighted by Crippen LogP contribution is 2.07. The zero-order valence-electron chi connectivity index (χ0n) is 13.7. The molecule has 1 rings (SSSR count). The van der Waals surface area contributed by atoms with Crippen molar-refractivity contribution < 1.29 is 31.2 Å². The Labute approximate surface area is 139 Å². The van der Waals surface area contributed by atoms with Gasteiger partial charge in [0.05, 0.1) is 20.6 Å². The third kappa shape index (κ3) is 8.80. The second kappa shape index (κ2) is 10.4. The van der Waals surface area contributed by atoms with E-state index in [0.29, 0.717) is 6.61 Å². The molecule has 124 valence electrons. The molecule has 5 heteroatoms. The number of nitrogens with zero attached hydrogens (tertiary/aromatic N) is 1. The molecule has 0 amide bonds. The zero-order chi connectivity index (χ0) is 15.7. The van der Waals surface area contributed by atoms with Gasteiger partial charge in [-0.1, -0.05) is 30.3 Å². The first-order chi connectivity index (χ1) is 9.91. The van der Waals surface area contributed by atoms with E-state index >= 15 is 0 Å². The number of carbonyl (C=O) groups excluding carboxylic acids is 2. The summed E-state index contributed by atoms with van der Waals surface area (Å²) >= 11 is 0. The molecule has 0 unspecified atom stereocenters. The lowest BCUT2D eigenvalue weighted by Crippen LogP contribution is -3.00. The predicted octanol–water partition coefficient (Wildman–Crippen LogP) is -0.778. The number of halogens is 1. The number of ketones is 1. The third-order valence-corrected chi connectivity index (χ3v) is 3.54. The van der Waals surface area contributed by atoms with E-state index in [1.807, 2.05) is 6.07 Å². The highest BCUT2D eigenvalue weighted by Gasteiger charge is 2.16. The summed E-state index contributed by atoms with van der Waals surface area (Å²) in [6.07, 6.45) is 3.38. The maximum absolute atomic E-state index is 11.1. The van der Waals surface area contributed by atoms with Crippen LogP contribution in [0.4, 0.5) is 0 Å². The van der Waals surface area contributed by atoms with Crippen molar-refractivity contribution in [3.05, 3.63) is 35.9 Å². The number of rotatable bonds is 9. The molecule has 0 atom stereocenters. The van der Waals surface area contributed by atoms with Crippen molar-refractivity contribution in [2.24, 2.45) is 0 Å². The van der Waals surface area contributed by atoms with E-state index in [9.17, 15) is 9.59 Å². The van der Waals surface area contributed by atoms with Crippen LogP contribution in [0.1, 0.15) is 25.3 Å². The Morgan fingerprint density at radius 3 is 2.27 bits per heavy atom. The van der Waals surface area contributed by atoms with Gasteiger partial charge in [-0.2, -0.15) is 0 Å². The predicted molar refractivity (Wildman–Crippen MR) is 82.9 cm³/mol. The number of hydrogen-bond acceptors (Lipinski definition) is 3. The number of quaternary nitrogens is 1. The zero-order valence-corrected chi connectivity index (χ0v) is 14.4. The van der Waals surface area contributed by atoms with E-state index in [4.69, 9.17) is 4.74 Å². The van der Waals surface area contributed by atoms with Crippen molar-refractivity contribution in [1.29, 1.82) is 0 Å². The molecule has 0 fully saturated rings. The quantitative estimate of drug-likeness (QED) is 0.259. The minimum Gasteiger partial charge on any atom is -1.00 e. The summed E-state index contributed by atoms with van der Waals surface area (Å²) in [4.78, 5) is 21.8. The van der Waals surface area contributed by atoms with E-state index in [-0.39, 0.29) is 12.4 Å². The highest BCUT2D eigenvalue weighted by atomic mass is 35.5. The smallest absolute Gasteiger partial charge is 0.374 e. The molecule has 0 N–H and O–H groups in total.